The molecule has 0 spiro atoms. The lowest BCUT2D eigenvalue weighted by molar-refractivity contribution is -0.645. The van der Waals surface area contributed by atoms with Gasteiger partial charge < -0.3 is 10.1 Å². The second-order valence-electron chi connectivity index (χ2n) is 6.59. The smallest absolute Gasteiger partial charge is 0.251 e. The van der Waals surface area contributed by atoms with Crippen molar-refractivity contribution < 1.29 is 9.52 Å². The fraction of sp³-hybridized carbons (Fsp3) is 0.238. The number of carbonyl (C=O) groups is 1. The van der Waals surface area contributed by atoms with Crippen LogP contribution in [0, 0.1) is 5.21 Å². The van der Waals surface area contributed by atoms with Crippen LogP contribution in [0.25, 0.3) is 10.8 Å². The first-order valence-electron chi connectivity index (χ1n) is 8.78. The predicted octanol–water partition coefficient (Wildman–Crippen LogP) is 3.58. The Balaban J connectivity index is 1.39. The summed E-state index contributed by atoms with van der Waals surface area (Å²) in [5.74, 6) is 0.785. The number of benzene rings is 2. The molecule has 4 nitrogen and oxygen atoms in total. The minimum Gasteiger partial charge on any atom is -0.618 e. The minimum absolute atomic E-state index is 0.0992. The number of amides is 1. The summed E-state index contributed by atoms with van der Waals surface area (Å²) in [6.45, 7) is 1.53. The van der Waals surface area contributed by atoms with E-state index in [9.17, 15) is 10.0 Å². The van der Waals surface area contributed by atoms with Crippen molar-refractivity contribution in [3.8, 4) is 0 Å². The fourth-order valence-electron chi connectivity index (χ4n) is 3.47. The van der Waals surface area contributed by atoms with Gasteiger partial charge in [-0.3, -0.25) is 4.79 Å². The predicted molar refractivity (Wildman–Crippen MR) is 104 cm³/mol. The van der Waals surface area contributed by atoms with E-state index in [0.717, 1.165) is 24.2 Å². The Morgan fingerprint density at radius 2 is 1.92 bits per heavy atom. The van der Waals surface area contributed by atoms with Gasteiger partial charge in [0, 0.05) is 31.1 Å². The van der Waals surface area contributed by atoms with E-state index < -0.39 is 0 Å². The average Bonchev–Trinajstić information content (AvgIpc) is 3.17. The number of hydrogen-bond acceptors (Lipinski definition) is 3. The Morgan fingerprint density at radius 1 is 1.12 bits per heavy atom. The third kappa shape index (κ3) is 3.53. The molecule has 0 radical (unpaired) electrons. The maximum Gasteiger partial charge on any atom is 0.251 e. The highest BCUT2D eigenvalue weighted by atomic mass is 32.2. The van der Waals surface area contributed by atoms with E-state index in [-0.39, 0.29) is 5.91 Å². The third-order valence-electron chi connectivity index (χ3n) is 4.92. The molecule has 26 heavy (non-hydrogen) atoms. The minimum atomic E-state index is 0.0992. The summed E-state index contributed by atoms with van der Waals surface area (Å²) in [6, 6.07) is 20.2. The van der Waals surface area contributed by atoms with Gasteiger partial charge in [-0.25, -0.2) is 0 Å². The van der Waals surface area contributed by atoms with E-state index in [4.69, 9.17) is 0 Å². The molecule has 1 saturated heterocycles. The van der Waals surface area contributed by atoms with Crippen LogP contribution in [0.5, 0.6) is 0 Å². The van der Waals surface area contributed by atoms with Crippen molar-refractivity contribution in [3.05, 3.63) is 77.6 Å². The summed E-state index contributed by atoms with van der Waals surface area (Å²) in [5.41, 5.74) is 1.30. The molecule has 1 fully saturated rings. The summed E-state index contributed by atoms with van der Waals surface area (Å²) in [4.78, 5) is 14.4. The van der Waals surface area contributed by atoms with Crippen molar-refractivity contribution in [1.29, 1.82) is 0 Å². The van der Waals surface area contributed by atoms with Crippen molar-refractivity contribution >= 4 is 28.4 Å². The summed E-state index contributed by atoms with van der Waals surface area (Å²) in [7, 11) is 0. The topological polar surface area (TPSA) is 47.2 Å². The number of hydrogen-bond donors (Lipinski definition) is 0. The van der Waals surface area contributed by atoms with Gasteiger partial charge >= 0.3 is 0 Å². The van der Waals surface area contributed by atoms with Crippen LogP contribution in [0.2, 0.25) is 0 Å². The van der Waals surface area contributed by atoms with E-state index in [0.29, 0.717) is 16.7 Å². The zero-order valence-corrected chi connectivity index (χ0v) is 15.2. The van der Waals surface area contributed by atoms with Gasteiger partial charge in [-0.05, 0) is 40.6 Å². The van der Waals surface area contributed by atoms with E-state index >= 15 is 0 Å². The Bertz CT molecular complexity index is 944. The van der Waals surface area contributed by atoms with Crippen molar-refractivity contribution in [2.45, 2.75) is 17.4 Å². The van der Waals surface area contributed by atoms with Gasteiger partial charge in [-0.15, -0.1) is 0 Å². The molecule has 1 amide bonds. The molecule has 4 rings (SSSR count). The molecule has 1 aliphatic rings. The van der Waals surface area contributed by atoms with Crippen molar-refractivity contribution in [2.75, 3.05) is 18.8 Å². The summed E-state index contributed by atoms with van der Waals surface area (Å²) in [5, 5.41) is 14.7. The van der Waals surface area contributed by atoms with Gasteiger partial charge in [-0.2, -0.15) is 4.73 Å². The van der Waals surface area contributed by atoms with Gasteiger partial charge in [0.2, 0.25) is 5.91 Å². The molecule has 2 aromatic carbocycles. The Kier molecular flexibility index (Phi) is 4.80. The molecular formula is C21H20N2O2S. The zero-order valence-electron chi connectivity index (χ0n) is 14.4. The van der Waals surface area contributed by atoms with Crippen LogP contribution in [-0.2, 0) is 4.79 Å². The molecule has 1 unspecified atom stereocenters. The molecule has 0 bridgehead atoms. The first-order chi connectivity index (χ1) is 12.7. The number of likely N-dealkylation sites (tertiary alicyclic amines) is 1. The van der Waals surface area contributed by atoms with Gasteiger partial charge in [0.05, 0.1) is 5.75 Å². The molecule has 0 aliphatic carbocycles. The number of carbonyl (C=O) groups excluding carboxylic acids is 1. The second-order valence-corrected chi connectivity index (χ2v) is 7.58. The molecule has 132 valence electrons. The molecular weight excluding hydrogens is 344 g/mol. The summed E-state index contributed by atoms with van der Waals surface area (Å²) in [6.07, 6.45) is 2.44. The van der Waals surface area contributed by atoms with E-state index in [2.05, 4.69) is 36.4 Å². The Morgan fingerprint density at radius 3 is 2.77 bits per heavy atom. The monoisotopic (exact) mass is 364 g/mol. The molecule has 2 heterocycles. The Hall–Kier alpha value is -2.53. The molecule has 1 aliphatic heterocycles. The SMILES string of the molecule is O=C(CSc1cccc[n+]1[O-])N1CCC(c2ccc3ccccc3c2)C1. The fourth-order valence-corrected chi connectivity index (χ4v) is 4.29. The lowest BCUT2D eigenvalue weighted by Gasteiger charge is -2.16. The number of pyridine rings is 1. The van der Waals surface area contributed by atoms with Crippen molar-refractivity contribution in [1.82, 2.24) is 4.90 Å². The molecule has 1 atom stereocenters. The van der Waals surface area contributed by atoms with E-state index in [1.54, 1.807) is 12.1 Å². The van der Waals surface area contributed by atoms with E-state index in [1.165, 1.54) is 34.3 Å². The number of thioether (sulfide) groups is 1. The zero-order chi connectivity index (χ0) is 17.9. The maximum absolute atomic E-state index is 12.5. The van der Waals surface area contributed by atoms with Crippen LogP contribution in [0.3, 0.4) is 0 Å². The number of rotatable bonds is 4. The standard InChI is InChI=1S/C21H20N2O2S/c24-20(15-26-21-7-3-4-11-23(21)25)22-12-10-19(14-22)18-9-8-16-5-1-2-6-17(16)13-18/h1-9,11,13,19H,10,12,14-15H2. The molecule has 0 N–H and O–H groups in total. The molecule has 1 aromatic heterocycles. The van der Waals surface area contributed by atoms with Crippen molar-refractivity contribution in [2.24, 2.45) is 0 Å². The highest BCUT2D eigenvalue weighted by molar-refractivity contribution is 7.99. The van der Waals surface area contributed by atoms with Gasteiger partial charge in [0.15, 0.2) is 6.20 Å². The molecule has 5 heteroatoms. The molecule has 3 aromatic rings. The van der Waals surface area contributed by atoms with Gasteiger partial charge in [-0.1, -0.05) is 42.5 Å². The van der Waals surface area contributed by atoms with Crippen LogP contribution < -0.4 is 4.73 Å². The first-order valence-corrected chi connectivity index (χ1v) is 9.77. The van der Waals surface area contributed by atoms with Crippen LogP contribution in [-0.4, -0.2) is 29.6 Å². The maximum atomic E-state index is 12.5. The highest BCUT2D eigenvalue weighted by Crippen LogP contribution is 2.30. The number of nitrogens with zero attached hydrogens (tertiary/aromatic N) is 2. The quantitative estimate of drug-likeness (QED) is 0.404. The lowest BCUT2D eigenvalue weighted by Crippen LogP contribution is -2.32. The first kappa shape index (κ1) is 16.9. The lowest BCUT2D eigenvalue weighted by atomic mass is 9.96. The highest BCUT2D eigenvalue weighted by Gasteiger charge is 2.27. The van der Waals surface area contributed by atoms with Crippen LogP contribution in [0.1, 0.15) is 17.9 Å². The van der Waals surface area contributed by atoms with Crippen LogP contribution >= 0.6 is 11.8 Å². The largest absolute Gasteiger partial charge is 0.618 e. The molecule has 0 saturated carbocycles. The van der Waals surface area contributed by atoms with Crippen molar-refractivity contribution in [3.63, 3.8) is 0 Å². The van der Waals surface area contributed by atoms with Gasteiger partial charge in [0.25, 0.3) is 5.03 Å². The van der Waals surface area contributed by atoms with Crippen LogP contribution in [0.4, 0.5) is 0 Å². The second kappa shape index (κ2) is 7.38. The number of fused-ring (bicyclic) bond motifs is 1. The number of aromatic nitrogens is 1. The third-order valence-corrected chi connectivity index (χ3v) is 5.92. The normalized spacial score (nSPS) is 16.9. The summed E-state index contributed by atoms with van der Waals surface area (Å²) < 4.78 is 0.805. The van der Waals surface area contributed by atoms with Gasteiger partial charge in [0.1, 0.15) is 0 Å². The van der Waals surface area contributed by atoms with E-state index in [1.807, 2.05) is 17.0 Å². The average molecular weight is 364 g/mol. The Labute approximate surface area is 157 Å². The van der Waals surface area contributed by atoms with Crippen LogP contribution in [0.15, 0.2) is 71.9 Å². The summed E-state index contributed by atoms with van der Waals surface area (Å²) >= 11 is 1.30.